The Labute approximate surface area is 158 Å². The Kier molecular flexibility index (Phi) is 4.40. The Morgan fingerprint density at radius 2 is 1.81 bits per heavy atom. The van der Waals surface area contributed by atoms with Gasteiger partial charge in [0.05, 0.1) is 0 Å². The number of anilines is 1. The molecule has 0 spiro atoms. The van der Waals surface area contributed by atoms with E-state index in [1.807, 2.05) is 37.4 Å². The summed E-state index contributed by atoms with van der Waals surface area (Å²) in [7, 11) is 1.79. The first-order valence-corrected chi connectivity index (χ1v) is 9.18. The number of aromatic nitrogens is 1. The van der Waals surface area contributed by atoms with Gasteiger partial charge in [-0.25, -0.2) is 0 Å². The summed E-state index contributed by atoms with van der Waals surface area (Å²) < 4.78 is 1.64. The SMILES string of the molecule is Cc1cc(-c2cc3c(cc2Cc2ccccc2)NC(=O)CC3)cn(C)c1=O. The number of carbonyl (C=O) groups is 1. The number of rotatable bonds is 3. The molecular formula is C23H22N2O2. The van der Waals surface area contributed by atoms with Gasteiger partial charge >= 0.3 is 0 Å². The summed E-state index contributed by atoms with van der Waals surface area (Å²) >= 11 is 0. The van der Waals surface area contributed by atoms with Crippen molar-refractivity contribution in [2.75, 3.05) is 5.32 Å². The van der Waals surface area contributed by atoms with Crippen molar-refractivity contribution in [3.8, 4) is 11.1 Å². The quantitative estimate of drug-likeness (QED) is 0.773. The number of benzene rings is 2. The topological polar surface area (TPSA) is 51.1 Å². The van der Waals surface area contributed by atoms with Crippen molar-refractivity contribution < 1.29 is 4.79 Å². The van der Waals surface area contributed by atoms with Crippen molar-refractivity contribution in [1.29, 1.82) is 0 Å². The molecule has 0 aliphatic carbocycles. The lowest BCUT2D eigenvalue weighted by Crippen LogP contribution is -2.20. The van der Waals surface area contributed by atoms with Crippen LogP contribution in [0.4, 0.5) is 5.69 Å². The predicted octanol–water partition coefficient (Wildman–Crippen LogP) is 3.84. The third kappa shape index (κ3) is 3.43. The normalized spacial score (nSPS) is 13.2. The number of amides is 1. The maximum atomic E-state index is 12.1. The van der Waals surface area contributed by atoms with Crippen molar-refractivity contribution in [3.63, 3.8) is 0 Å². The second kappa shape index (κ2) is 6.88. The van der Waals surface area contributed by atoms with Crippen molar-refractivity contribution in [2.45, 2.75) is 26.2 Å². The van der Waals surface area contributed by atoms with E-state index >= 15 is 0 Å². The molecule has 4 nitrogen and oxygen atoms in total. The van der Waals surface area contributed by atoms with Gasteiger partial charge in [-0.15, -0.1) is 0 Å². The molecule has 1 aliphatic heterocycles. The molecule has 1 aromatic heterocycles. The van der Waals surface area contributed by atoms with Crippen molar-refractivity contribution in [3.05, 3.63) is 87.3 Å². The van der Waals surface area contributed by atoms with Gasteiger partial charge in [-0.3, -0.25) is 9.59 Å². The van der Waals surface area contributed by atoms with Gasteiger partial charge in [0.15, 0.2) is 0 Å². The summed E-state index contributed by atoms with van der Waals surface area (Å²) in [6, 6.07) is 16.5. The van der Waals surface area contributed by atoms with E-state index in [2.05, 4.69) is 29.6 Å². The van der Waals surface area contributed by atoms with Gasteiger partial charge < -0.3 is 9.88 Å². The molecule has 0 fully saturated rings. The van der Waals surface area contributed by atoms with Crippen molar-refractivity contribution in [2.24, 2.45) is 7.05 Å². The molecule has 0 unspecified atom stereocenters. The summed E-state index contributed by atoms with van der Waals surface area (Å²) in [5.74, 6) is 0.0684. The van der Waals surface area contributed by atoms with E-state index in [1.165, 1.54) is 5.56 Å². The predicted molar refractivity (Wildman–Crippen MR) is 108 cm³/mol. The Hall–Kier alpha value is -3.14. The monoisotopic (exact) mass is 358 g/mol. The summed E-state index contributed by atoms with van der Waals surface area (Å²) in [4.78, 5) is 23.9. The van der Waals surface area contributed by atoms with Crippen molar-refractivity contribution >= 4 is 11.6 Å². The van der Waals surface area contributed by atoms with E-state index < -0.39 is 0 Å². The molecule has 136 valence electrons. The highest BCUT2D eigenvalue weighted by Gasteiger charge is 2.19. The molecule has 0 atom stereocenters. The van der Waals surface area contributed by atoms with Crippen LogP contribution in [-0.4, -0.2) is 10.5 Å². The average Bonchev–Trinajstić information content (AvgIpc) is 2.66. The molecule has 4 heteroatoms. The summed E-state index contributed by atoms with van der Waals surface area (Å²) in [5, 5.41) is 3.00. The first kappa shape index (κ1) is 17.3. The molecule has 1 N–H and O–H groups in total. The maximum Gasteiger partial charge on any atom is 0.253 e. The third-order valence-corrected chi connectivity index (χ3v) is 5.14. The second-order valence-corrected chi connectivity index (χ2v) is 7.20. The average molecular weight is 358 g/mol. The fourth-order valence-electron chi connectivity index (χ4n) is 3.73. The Balaban J connectivity index is 1.88. The van der Waals surface area contributed by atoms with Crippen LogP contribution in [0.5, 0.6) is 0 Å². The summed E-state index contributed by atoms with van der Waals surface area (Å²) in [6.45, 7) is 1.85. The standard InChI is InChI=1S/C23H22N2O2/c1-15-10-19(14-25(2)23(15)27)20-12-17-8-9-22(26)24-21(17)13-18(20)11-16-6-4-3-5-7-16/h3-7,10,12-14H,8-9,11H2,1-2H3,(H,24,26). The molecule has 0 bridgehead atoms. The highest BCUT2D eigenvalue weighted by molar-refractivity contribution is 5.94. The Morgan fingerprint density at radius 3 is 2.56 bits per heavy atom. The van der Waals surface area contributed by atoms with Gasteiger partial charge in [-0.05, 0) is 65.8 Å². The summed E-state index contributed by atoms with van der Waals surface area (Å²) in [5.41, 5.74) is 7.30. The van der Waals surface area contributed by atoms with Crippen LogP contribution in [-0.2, 0) is 24.7 Å². The zero-order valence-corrected chi connectivity index (χ0v) is 15.6. The molecule has 0 radical (unpaired) electrons. The first-order valence-electron chi connectivity index (χ1n) is 9.18. The highest BCUT2D eigenvalue weighted by atomic mass is 16.1. The minimum absolute atomic E-state index is 0.0218. The fourth-order valence-corrected chi connectivity index (χ4v) is 3.73. The molecule has 1 aliphatic rings. The molecule has 2 aromatic carbocycles. The number of pyridine rings is 1. The van der Waals surface area contributed by atoms with Crippen LogP contribution in [0.3, 0.4) is 0 Å². The van der Waals surface area contributed by atoms with Crippen LogP contribution in [0.1, 0.15) is 28.7 Å². The zero-order chi connectivity index (χ0) is 19.0. The van der Waals surface area contributed by atoms with Crippen LogP contribution >= 0.6 is 0 Å². The van der Waals surface area contributed by atoms with E-state index in [9.17, 15) is 9.59 Å². The lowest BCUT2D eigenvalue weighted by atomic mass is 9.90. The van der Waals surface area contributed by atoms with Gasteiger partial charge in [0.25, 0.3) is 5.56 Å². The lowest BCUT2D eigenvalue weighted by molar-refractivity contribution is -0.116. The van der Waals surface area contributed by atoms with Gasteiger partial charge in [0, 0.05) is 30.9 Å². The second-order valence-electron chi connectivity index (χ2n) is 7.20. The fraction of sp³-hybridized carbons (Fsp3) is 0.217. The van der Waals surface area contributed by atoms with Crippen LogP contribution in [0.2, 0.25) is 0 Å². The Morgan fingerprint density at radius 1 is 1.04 bits per heavy atom. The lowest BCUT2D eigenvalue weighted by Gasteiger charge is -2.21. The molecule has 0 saturated heterocycles. The minimum Gasteiger partial charge on any atom is -0.326 e. The largest absolute Gasteiger partial charge is 0.326 e. The van der Waals surface area contributed by atoms with E-state index in [0.29, 0.717) is 6.42 Å². The number of fused-ring (bicyclic) bond motifs is 1. The van der Waals surface area contributed by atoms with Gasteiger partial charge in [0.1, 0.15) is 0 Å². The summed E-state index contributed by atoms with van der Waals surface area (Å²) in [6.07, 6.45) is 3.91. The molecule has 4 rings (SSSR count). The van der Waals surface area contributed by atoms with E-state index in [1.54, 1.807) is 11.6 Å². The molecule has 0 saturated carbocycles. The van der Waals surface area contributed by atoms with Gasteiger partial charge in [-0.2, -0.15) is 0 Å². The van der Waals surface area contributed by atoms with Crippen LogP contribution in [0.15, 0.2) is 59.5 Å². The molecule has 1 amide bonds. The van der Waals surface area contributed by atoms with Crippen LogP contribution < -0.4 is 10.9 Å². The maximum absolute atomic E-state index is 12.1. The molecule has 27 heavy (non-hydrogen) atoms. The molecule has 2 heterocycles. The van der Waals surface area contributed by atoms with Crippen molar-refractivity contribution in [1.82, 2.24) is 4.57 Å². The van der Waals surface area contributed by atoms with E-state index in [-0.39, 0.29) is 11.5 Å². The van der Waals surface area contributed by atoms with Crippen LogP contribution in [0.25, 0.3) is 11.1 Å². The minimum atomic E-state index is 0.0218. The number of carbonyl (C=O) groups excluding carboxylic acids is 1. The number of hydrogen-bond acceptors (Lipinski definition) is 2. The number of nitrogens with one attached hydrogen (secondary N) is 1. The zero-order valence-electron chi connectivity index (χ0n) is 15.6. The van der Waals surface area contributed by atoms with Crippen LogP contribution in [0, 0.1) is 6.92 Å². The third-order valence-electron chi connectivity index (χ3n) is 5.14. The Bertz CT molecular complexity index is 1060. The smallest absolute Gasteiger partial charge is 0.253 e. The van der Waals surface area contributed by atoms with Gasteiger partial charge in [-0.1, -0.05) is 30.3 Å². The molecule has 3 aromatic rings. The molecular weight excluding hydrogens is 336 g/mol. The van der Waals surface area contributed by atoms with E-state index in [0.717, 1.165) is 46.3 Å². The first-order chi connectivity index (χ1) is 13.0. The van der Waals surface area contributed by atoms with Gasteiger partial charge in [0.2, 0.25) is 5.91 Å². The van der Waals surface area contributed by atoms with E-state index in [4.69, 9.17) is 0 Å². The number of nitrogens with zero attached hydrogens (tertiary/aromatic N) is 1. The highest BCUT2D eigenvalue weighted by Crippen LogP contribution is 2.33. The number of hydrogen-bond donors (Lipinski definition) is 1. The number of aryl methyl sites for hydroxylation is 3.